The number of hydrogen-bond acceptors (Lipinski definition) is 2. The van der Waals surface area contributed by atoms with Gasteiger partial charge in [0.25, 0.3) is 0 Å². The van der Waals surface area contributed by atoms with Crippen LogP contribution in [0.2, 0.25) is 0 Å². The third-order valence-electron chi connectivity index (χ3n) is 3.81. The Morgan fingerprint density at radius 1 is 1.29 bits per heavy atom. The highest BCUT2D eigenvalue weighted by Crippen LogP contribution is 2.32. The standard InChI is InChI=1S/C16H14BrNO3/c17-8-10-5-15(19)18(9-10)14-7-12-4-2-1-3-11(12)6-13(14)16(20)21/h1-4,6-7,10H,5,8-9H2,(H,20,21). The molecule has 5 heteroatoms. The monoisotopic (exact) mass is 347 g/mol. The Kier molecular flexibility index (Phi) is 3.68. The van der Waals surface area contributed by atoms with Crippen LogP contribution in [0.3, 0.4) is 0 Å². The van der Waals surface area contributed by atoms with Gasteiger partial charge in [-0.2, -0.15) is 0 Å². The van der Waals surface area contributed by atoms with Crippen molar-refractivity contribution in [3.05, 3.63) is 42.0 Å². The summed E-state index contributed by atoms with van der Waals surface area (Å²) in [5.41, 5.74) is 0.673. The molecule has 0 aromatic heterocycles. The van der Waals surface area contributed by atoms with E-state index in [2.05, 4.69) is 15.9 Å². The molecule has 1 unspecified atom stereocenters. The van der Waals surface area contributed by atoms with Gasteiger partial charge in [-0.1, -0.05) is 40.2 Å². The Morgan fingerprint density at radius 2 is 1.95 bits per heavy atom. The van der Waals surface area contributed by atoms with Crippen LogP contribution >= 0.6 is 15.9 Å². The number of carbonyl (C=O) groups excluding carboxylic acids is 1. The van der Waals surface area contributed by atoms with Crippen molar-refractivity contribution < 1.29 is 14.7 Å². The normalized spacial score (nSPS) is 18.4. The molecule has 1 N–H and O–H groups in total. The van der Waals surface area contributed by atoms with Crippen LogP contribution in [0.15, 0.2) is 36.4 Å². The highest BCUT2D eigenvalue weighted by atomic mass is 79.9. The van der Waals surface area contributed by atoms with Crippen LogP contribution in [0.25, 0.3) is 10.8 Å². The van der Waals surface area contributed by atoms with E-state index >= 15 is 0 Å². The number of aromatic carboxylic acids is 1. The number of alkyl halides is 1. The van der Waals surface area contributed by atoms with E-state index in [1.807, 2.05) is 24.3 Å². The maximum absolute atomic E-state index is 12.2. The fraction of sp³-hybridized carbons (Fsp3) is 0.250. The van der Waals surface area contributed by atoms with E-state index in [4.69, 9.17) is 0 Å². The molecule has 0 saturated carbocycles. The van der Waals surface area contributed by atoms with Gasteiger partial charge in [0.05, 0.1) is 11.3 Å². The predicted molar refractivity (Wildman–Crippen MR) is 85.2 cm³/mol. The van der Waals surface area contributed by atoms with Gasteiger partial charge >= 0.3 is 5.97 Å². The molecular formula is C16H14BrNO3. The van der Waals surface area contributed by atoms with Crippen LogP contribution in [-0.2, 0) is 4.79 Å². The summed E-state index contributed by atoms with van der Waals surface area (Å²) in [6, 6.07) is 11.0. The first-order valence-electron chi connectivity index (χ1n) is 6.72. The Labute approximate surface area is 130 Å². The molecule has 0 radical (unpaired) electrons. The topological polar surface area (TPSA) is 57.6 Å². The van der Waals surface area contributed by atoms with E-state index < -0.39 is 5.97 Å². The molecule has 3 rings (SSSR count). The number of amides is 1. The van der Waals surface area contributed by atoms with Crippen molar-refractivity contribution in [2.75, 3.05) is 16.8 Å². The van der Waals surface area contributed by atoms with Crippen molar-refractivity contribution in [3.8, 4) is 0 Å². The van der Waals surface area contributed by atoms with Crippen molar-refractivity contribution >= 4 is 44.3 Å². The third kappa shape index (κ3) is 2.53. The summed E-state index contributed by atoms with van der Waals surface area (Å²) >= 11 is 3.40. The number of carboxylic acids is 1. The molecule has 1 aliphatic heterocycles. The lowest BCUT2D eigenvalue weighted by atomic mass is 10.0. The maximum Gasteiger partial charge on any atom is 0.337 e. The molecule has 1 aliphatic rings. The number of halogens is 1. The molecule has 2 aromatic rings. The Hall–Kier alpha value is -1.88. The van der Waals surface area contributed by atoms with E-state index in [0.29, 0.717) is 18.7 Å². The van der Waals surface area contributed by atoms with Crippen LogP contribution in [0.1, 0.15) is 16.8 Å². The number of hydrogen-bond donors (Lipinski definition) is 1. The molecule has 108 valence electrons. The lowest BCUT2D eigenvalue weighted by Crippen LogP contribution is -2.26. The quantitative estimate of drug-likeness (QED) is 0.866. The second-order valence-electron chi connectivity index (χ2n) is 5.25. The zero-order chi connectivity index (χ0) is 15.0. The van der Waals surface area contributed by atoms with E-state index in [1.165, 1.54) is 0 Å². The van der Waals surface area contributed by atoms with Crippen molar-refractivity contribution in [1.29, 1.82) is 0 Å². The first-order valence-corrected chi connectivity index (χ1v) is 7.84. The summed E-state index contributed by atoms with van der Waals surface area (Å²) in [6.07, 6.45) is 0.455. The van der Waals surface area contributed by atoms with Gasteiger partial charge in [0.15, 0.2) is 0 Å². The molecule has 0 spiro atoms. The van der Waals surface area contributed by atoms with E-state index in [9.17, 15) is 14.7 Å². The highest BCUT2D eigenvalue weighted by molar-refractivity contribution is 9.09. The summed E-state index contributed by atoms with van der Waals surface area (Å²) in [5.74, 6) is -0.798. The Balaban J connectivity index is 2.14. The largest absolute Gasteiger partial charge is 0.478 e. The molecule has 1 heterocycles. The highest BCUT2D eigenvalue weighted by Gasteiger charge is 2.32. The SMILES string of the molecule is O=C(O)c1cc2ccccc2cc1N1CC(CBr)CC1=O. The second kappa shape index (κ2) is 5.48. The average molecular weight is 348 g/mol. The maximum atomic E-state index is 12.2. The van der Waals surface area contributed by atoms with Crippen molar-refractivity contribution in [3.63, 3.8) is 0 Å². The smallest absolute Gasteiger partial charge is 0.337 e. The molecule has 0 aliphatic carbocycles. The van der Waals surface area contributed by atoms with Gasteiger partial charge in [-0.15, -0.1) is 0 Å². The number of benzene rings is 2. The number of nitrogens with zero attached hydrogens (tertiary/aromatic N) is 1. The molecule has 2 aromatic carbocycles. The van der Waals surface area contributed by atoms with E-state index in [1.54, 1.807) is 17.0 Å². The van der Waals surface area contributed by atoms with Gasteiger partial charge in [0.2, 0.25) is 5.91 Å². The second-order valence-corrected chi connectivity index (χ2v) is 5.90. The Morgan fingerprint density at radius 3 is 2.52 bits per heavy atom. The molecular weight excluding hydrogens is 334 g/mol. The van der Waals surface area contributed by atoms with Crippen LogP contribution in [0.4, 0.5) is 5.69 Å². The van der Waals surface area contributed by atoms with Gasteiger partial charge in [0, 0.05) is 18.3 Å². The molecule has 1 atom stereocenters. The summed E-state index contributed by atoms with van der Waals surface area (Å²) in [6.45, 7) is 0.558. The lowest BCUT2D eigenvalue weighted by Gasteiger charge is -2.19. The van der Waals surface area contributed by atoms with Gasteiger partial charge < -0.3 is 10.0 Å². The number of rotatable bonds is 3. The number of anilines is 1. The third-order valence-corrected chi connectivity index (χ3v) is 4.72. The van der Waals surface area contributed by atoms with Crippen LogP contribution in [-0.4, -0.2) is 28.9 Å². The minimum Gasteiger partial charge on any atom is -0.478 e. The van der Waals surface area contributed by atoms with Crippen molar-refractivity contribution in [2.45, 2.75) is 6.42 Å². The summed E-state index contributed by atoms with van der Waals surface area (Å²) in [4.78, 5) is 25.3. The fourth-order valence-corrected chi connectivity index (χ4v) is 3.17. The number of fused-ring (bicyclic) bond motifs is 1. The van der Waals surface area contributed by atoms with Crippen molar-refractivity contribution in [1.82, 2.24) is 0 Å². The van der Waals surface area contributed by atoms with Gasteiger partial charge in [-0.05, 0) is 28.8 Å². The van der Waals surface area contributed by atoms with Gasteiger partial charge in [-0.3, -0.25) is 4.79 Å². The molecule has 1 saturated heterocycles. The number of carboxylic acid groups (broad SMARTS) is 1. The van der Waals surface area contributed by atoms with Crippen LogP contribution in [0, 0.1) is 5.92 Å². The Bertz CT molecular complexity index is 729. The van der Waals surface area contributed by atoms with Crippen LogP contribution in [0.5, 0.6) is 0 Å². The van der Waals surface area contributed by atoms with E-state index in [-0.39, 0.29) is 17.4 Å². The predicted octanol–water partition coefficient (Wildman–Crippen LogP) is 3.29. The summed E-state index contributed by atoms with van der Waals surface area (Å²) in [7, 11) is 0. The van der Waals surface area contributed by atoms with Crippen LogP contribution < -0.4 is 4.90 Å². The zero-order valence-electron chi connectivity index (χ0n) is 11.3. The number of carbonyl (C=O) groups is 2. The molecule has 0 bridgehead atoms. The van der Waals surface area contributed by atoms with Gasteiger partial charge in [-0.25, -0.2) is 4.79 Å². The van der Waals surface area contributed by atoms with Crippen molar-refractivity contribution in [2.24, 2.45) is 5.92 Å². The average Bonchev–Trinajstić information content (AvgIpc) is 2.87. The minimum atomic E-state index is -1.01. The zero-order valence-corrected chi connectivity index (χ0v) is 12.8. The van der Waals surface area contributed by atoms with Gasteiger partial charge in [0.1, 0.15) is 0 Å². The fourth-order valence-electron chi connectivity index (χ4n) is 2.74. The summed E-state index contributed by atoms with van der Waals surface area (Å²) < 4.78 is 0. The molecule has 1 fully saturated rings. The minimum absolute atomic E-state index is 0.0165. The first kappa shape index (κ1) is 14.1. The molecule has 1 amide bonds. The molecule has 21 heavy (non-hydrogen) atoms. The summed E-state index contributed by atoms with van der Waals surface area (Å²) in [5, 5.41) is 12.0. The first-order chi connectivity index (χ1) is 10.1. The molecule has 4 nitrogen and oxygen atoms in total. The van der Waals surface area contributed by atoms with E-state index in [0.717, 1.165) is 16.1 Å². The lowest BCUT2D eigenvalue weighted by molar-refractivity contribution is -0.117.